The van der Waals surface area contributed by atoms with Gasteiger partial charge in [-0.25, -0.2) is 0 Å². The number of aliphatic carboxylic acids is 2. The second-order valence-electron chi connectivity index (χ2n) is 9.75. The van der Waals surface area contributed by atoms with Gasteiger partial charge in [0.1, 0.15) is 6.10 Å². The first-order valence-corrected chi connectivity index (χ1v) is 9.73. The third kappa shape index (κ3) is 1.61. The van der Waals surface area contributed by atoms with Gasteiger partial charge < -0.3 is 25.2 Å². The standard InChI is InChI=1S/C20H24O8/c1-7-4-19-5-8(7)10-3-11(19)20(17(27)28-10)6-9(21)14(22)18(2,16(25)26)13(20)12(19)15(23)24/h8-14,21-22H,1,3-6H2,2H3,(H,23,24)(H,25,26). The van der Waals surface area contributed by atoms with Crippen molar-refractivity contribution >= 4 is 17.9 Å². The quantitative estimate of drug-likeness (QED) is 0.391. The molecule has 0 aromatic carbocycles. The Bertz CT molecular complexity index is 836. The second kappa shape index (κ2) is 4.97. The van der Waals surface area contributed by atoms with Crippen LogP contribution in [0.5, 0.6) is 0 Å². The number of ether oxygens (including phenoxy) is 1. The van der Waals surface area contributed by atoms with Crippen molar-refractivity contribution in [3.05, 3.63) is 12.2 Å². The summed E-state index contributed by atoms with van der Waals surface area (Å²) in [5.74, 6) is -6.02. The first kappa shape index (κ1) is 18.1. The van der Waals surface area contributed by atoms with Crippen LogP contribution in [0.3, 0.4) is 0 Å². The van der Waals surface area contributed by atoms with Crippen molar-refractivity contribution in [1.82, 2.24) is 0 Å². The van der Waals surface area contributed by atoms with Crippen LogP contribution < -0.4 is 0 Å². The molecule has 5 aliphatic rings. The fraction of sp³-hybridized carbons (Fsp3) is 0.750. The molecule has 28 heavy (non-hydrogen) atoms. The van der Waals surface area contributed by atoms with Gasteiger partial charge in [-0.15, -0.1) is 0 Å². The second-order valence-corrected chi connectivity index (χ2v) is 9.75. The Hall–Kier alpha value is -1.93. The minimum absolute atomic E-state index is 0.120. The van der Waals surface area contributed by atoms with Crippen LogP contribution in [0.4, 0.5) is 0 Å². The van der Waals surface area contributed by atoms with Gasteiger partial charge in [0.2, 0.25) is 0 Å². The molecular formula is C20H24O8. The fourth-order valence-electron chi connectivity index (χ4n) is 8.06. The topological polar surface area (TPSA) is 141 Å². The van der Waals surface area contributed by atoms with E-state index >= 15 is 0 Å². The lowest BCUT2D eigenvalue weighted by atomic mass is 9.49. The van der Waals surface area contributed by atoms with Crippen LogP contribution >= 0.6 is 0 Å². The average molecular weight is 392 g/mol. The van der Waals surface area contributed by atoms with Crippen molar-refractivity contribution < 1.29 is 39.5 Å². The summed E-state index contributed by atoms with van der Waals surface area (Å²) in [5.41, 5.74) is -3.37. The number of carboxylic acid groups (broad SMARTS) is 2. The lowest BCUT2D eigenvalue weighted by Crippen LogP contribution is -2.66. The summed E-state index contributed by atoms with van der Waals surface area (Å²) in [5, 5.41) is 41.6. The normalized spacial score (nSPS) is 56.2. The molecule has 4 aliphatic carbocycles. The molecule has 5 fully saturated rings. The Morgan fingerprint density at radius 1 is 1.21 bits per heavy atom. The predicted molar refractivity (Wildman–Crippen MR) is 91.7 cm³/mol. The van der Waals surface area contributed by atoms with Gasteiger partial charge in [0.05, 0.1) is 29.0 Å². The van der Waals surface area contributed by atoms with Crippen LogP contribution in [0.25, 0.3) is 0 Å². The Morgan fingerprint density at radius 2 is 1.89 bits per heavy atom. The number of esters is 1. The molecule has 1 heterocycles. The molecule has 5 rings (SSSR count). The molecule has 1 aliphatic heterocycles. The van der Waals surface area contributed by atoms with E-state index in [1.54, 1.807) is 0 Å². The minimum atomic E-state index is -1.99. The first-order chi connectivity index (χ1) is 13.0. The molecule has 8 heteroatoms. The third-order valence-corrected chi connectivity index (χ3v) is 8.96. The van der Waals surface area contributed by atoms with Gasteiger partial charge in [-0.1, -0.05) is 12.2 Å². The van der Waals surface area contributed by atoms with Crippen LogP contribution in [0.2, 0.25) is 0 Å². The van der Waals surface area contributed by atoms with Gasteiger partial charge in [-0.2, -0.15) is 0 Å². The monoisotopic (exact) mass is 392 g/mol. The predicted octanol–water partition coefficient (Wildman–Crippen LogP) is 0.418. The zero-order valence-corrected chi connectivity index (χ0v) is 15.5. The number of carbonyl (C=O) groups is 3. The Balaban J connectivity index is 1.83. The average Bonchev–Trinajstić information content (AvgIpc) is 3.06. The lowest BCUT2D eigenvalue weighted by molar-refractivity contribution is -0.227. The summed E-state index contributed by atoms with van der Waals surface area (Å²) in [6, 6.07) is 0. The first-order valence-electron chi connectivity index (χ1n) is 9.73. The molecule has 8 nitrogen and oxygen atoms in total. The molecular weight excluding hydrogens is 368 g/mol. The summed E-state index contributed by atoms with van der Waals surface area (Å²) >= 11 is 0. The van der Waals surface area contributed by atoms with Crippen molar-refractivity contribution in [3.63, 3.8) is 0 Å². The van der Waals surface area contributed by atoms with E-state index < -0.39 is 64.1 Å². The van der Waals surface area contributed by atoms with Crippen molar-refractivity contribution in [2.75, 3.05) is 0 Å². The maximum Gasteiger partial charge on any atom is 0.313 e. The number of hydrogen-bond donors (Lipinski definition) is 4. The van der Waals surface area contributed by atoms with Crippen LogP contribution in [0, 0.1) is 39.9 Å². The minimum Gasteiger partial charge on any atom is -0.481 e. The molecule has 0 aromatic rings. The van der Waals surface area contributed by atoms with E-state index in [0.29, 0.717) is 19.3 Å². The Labute approximate surface area is 161 Å². The molecule has 4 bridgehead atoms. The Kier molecular flexibility index (Phi) is 3.22. The summed E-state index contributed by atoms with van der Waals surface area (Å²) in [6.45, 7) is 5.37. The molecule has 10 unspecified atom stereocenters. The number of fused-ring (bicyclic) bond motifs is 3. The van der Waals surface area contributed by atoms with Crippen LogP contribution in [-0.4, -0.2) is 56.6 Å². The van der Waals surface area contributed by atoms with E-state index in [4.69, 9.17) is 4.74 Å². The Morgan fingerprint density at radius 3 is 2.50 bits per heavy atom. The molecule has 0 radical (unpaired) electrons. The highest BCUT2D eigenvalue weighted by Crippen LogP contribution is 2.79. The lowest BCUT2D eigenvalue weighted by Gasteiger charge is -2.56. The van der Waals surface area contributed by atoms with Gasteiger partial charge in [-0.05, 0) is 43.9 Å². The van der Waals surface area contributed by atoms with E-state index in [1.165, 1.54) is 6.92 Å². The molecule has 10 atom stereocenters. The maximum atomic E-state index is 13.3. The molecule has 0 amide bonds. The van der Waals surface area contributed by atoms with Gasteiger partial charge >= 0.3 is 17.9 Å². The molecule has 1 saturated heterocycles. The van der Waals surface area contributed by atoms with Crippen LogP contribution in [0.1, 0.15) is 32.6 Å². The number of hydrogen-bond acceptors (Lipinski definition) is 6. The van der Waals surface area contributed by atoms with Crippen molar-refractivity contribution in [2.45, 2.75) is 50.9 Å². The van der Waals surface area contributed by atoms with E-state index in [9.17, 15) is 34.8 Å². The highest BCUT2D eigenvalue weighted by Gasteiger charge is 2.84. The molecule has 152 valence electrons. The zero-order chi connectivity index (χ0) is 20.4. The number of aliphatic hydroxyl groups is 2. The maximum absolute atomic E-state index is 13.3. The highest BCUT2D eigenvalue weighted by molar-refractivity contribution is 5.88. The van der Waals surface area contributed by atoms with Crippen LogP contribution in [-0.2, 0) is 19.1 Å². The largest absolute Gasteiger partial charge is 0.481 e. The smallest absolute Gasteiger partial charge is 0.313 e. The summed E-state index contributed by atoms with van der Waals surface area (Å²) in [4.78, 5) is 38.3. The SMILES string of the molecule is C=C1CC23CC1C1CC2C2(CC(O)C(O)C(C)(C(=O)O)C2C3C(=O)O)C(=O)O1. The summed E-state index contributed by atoms with van der Waals surface area (Å²) < 4.78 is 5.75. The van der Waals surface area contributed by atoms with E-state index in [0.717, 1.165) is 5.57 Å². The van der Waals surface area contributed by atoms with E-state index in [2.05, 4.69) is 6.58 Å². The number of carboxylic acids is 2. The van der Waals surface area contributed by atoms with Gasteiger partial charge in [0, 0.05) is 11.8 Å². The molecule has 4 N–H and O–H groups in total. The van der Waals surface area contributed by atoms with Gasteiger partial charge in [0.25, 0.3) is 0 Å². The molecule has 0 aromatic heterocycles. The highest BCUT2D eigenvalue weighted by atomic mass is 16.5. The van der Waals surface area contributed by atoms with Crippen molar-refractivity contribution in [2.24, 2.45) is 39.9 Å². The number of aliphatic hydroxyl groups excluding tert-OH is 2. The van der Waals surface area contributed by atoms with Crippen molar-refractivity contribution in [1.29, 1.82) is 0 Å². The molecule has 4 saturated carbocycles. The van der Waals surface area contributed by atoms with Gasteiger partial charge in [-0.3, -0.25) is 14.4 Å². The zero-order valence-electron chi connectivity index (χ0n) is 15.5. The number of rotatable bonds is 2. The van der Waals surface area contributed by atoms with Crippen molar-refractivity contribution in [3.8, 4) is 0 Å². The number of carbonyl (C=O) groups excluding carboxylic acids is 1. The molecule has 2 spiro atoms. The third-order valence-electron chi connectivity index (χ3n) is 8.96. The van der Waals surface area contributed by atoms with Crippen LogP contribution in [0.15, 0.2) is 12.2 Å². The summed E-state index contributed by atoms with van der Waals surface area (Å²) in [6.07, 6.45) is -2.33. The fourth-order valence-corrected chi connectivity index (χ4v) is 8.06. The summed E-state index contributed by atoms with van der Waals surface area (Å²) in [7, 11) is 0. The van der Waals surface area contributed by atoms with Gasteiger partial charge in [0.15, 0.2) is 0 Å². The van der Waals surface area contributed by atoms with E-state index in [1.807, 2.05) is 0 Å². The van der Waals surface area contributed by atoms with E-state index in [-0.39, 0.29) is 18.4 Å².